The standard InChI is InChI=1S/C17H17ClN2O/c1-11-7-8-12(10-14(11)18)17(21)20-9-3-4-13-15(19)5-2-6-16(13)20/h2,5-8,10H,3-4,9,19H2,1H3. The van der Waals surface area contributed by atoms with Gasteiger partial charge in [0, 0.05) is 28.5 Å². The van der Waals surface area contributed by atoms with Crippen LogP contribution in [0.1, 0.15) is 27.9 Å². The first-order valence-electron chi connectivity index (χ1n) is 7.03. The van der Waals surface area contributed by atoms with E-state index in [4.69, 9.17) is 17.3 Å². The molecule has 0 unspecified atom stereocenters. The lowest BCUT2D eigenvalue weighted by atomic mass is 9.99. The maximum atomic E-state index is 12.8. The summed E-state index contributed by atoms with van der Waals surface area (Å²) in [7, 11) is 0. The average molecular weight is 301 g/mol. The van der Waals surface area contributed by atoms with Gasteiger partial charge in [0.15, 0.2) is 0 Å². The Bertz CT molecular complexity index is 712. The van der Waals surface area contributed by atoms with Gasteiger partial charge in [-0.2, -0.15) is 0 Å². The van der Waals surface area contributed by atoms with E-state index in [1.165, 1.54) is 0 Å². The number of rotatable bonds is 1. The molecule has 0 spiro atoms. The average Bonchev–Trinajstić information content (AvgIpc) is 2.49. The van der Waals surface area contributed by atoms with Gasteiger partial charge in [-0.3, -0.25) is 4.79 Å². The van der Waals surface area contributed by atoms with Crippen LogP contribution in [0.15, 0.2) is 36.4 Å². The third-order valence-electron chi connectivity index (χ3n) is 3.95. The zero-order valence-electron chi connectivity index (χ0n) is 11.9. The van der Waals surface area contributed by atoms with Crippen LogP contribution in [-0.4, -0.2) is 12.5 Å². The number of halogens is 1. The minimum atomic E-state index is -0.0246. The molecule has 0 aliphatic carbocycles. The highest BCUT2D eigenvalue weighted by molar-refractivity contribution is 6.31. The topological polar surface area (TPSA) is 46.3 Å². The quantitative estimate of drug-likeness (QED) is 0.814. The molecule has 0 saturated carbocycles. The molecular formula is C17H17ClN2O. The summed E-state index contributed by atoms with van der Waals surface area (Å²) < 4.78 is 0. The highest BCUT2D eigenvalue weighted by atomic mass is 35.5. The molecule has 0 aromatic heterocycles. The Labute approximate surface area is 129 Å². The normalized spacial score (nSPS) is 13.9. The van der Waals surface area contributed by atoms with Gasteiger partial charge in [-0.05, 0) is 55.2 Å². The number of nitrogen functional groups attached to an aromatic ring is 1. The largest absolute Gasteiger partial charge is 0.398 e. The third kappa shape index (κ3) is 2.49. The van der Waals surface area contributed by atoms with E-state index < -0.39 is 0 Å². The summed E-state index contributed by atoms with van der Waals surface area (Å²) in [4.78, 5) is 14.6. The van der Waals surface area contributed by atoms with Crippen molar-refractivity contribution in [2.75, 3.05) is 17.2 Å². The summed E-state index contributed by atoms with van der Waals surface area (Å²) in [5.41, 5.74) is 10.3. The number of nitrogens with two attached hydrogens (primary N) is 1. The number of carbonyl (C=O) groups is 1. The first kappa shape index (κ1) is 14.0. The van der Waals surface area contributed by atoms with Gasteiger partial charge >= 0.3 is 0 Å². The summed E-state index contributed by atoms with van der Waals surface area (Å²) in [5, 5.41) is 0.616. The smallest absolute Gasteiger partial charge is 0.258 e. The van der Waals surface area contributed by atoms with Crippen LogP contribution in [0, 0.1) is 6.92 Å². The van der Waals surface area contributed by atoms with Gasteiger partial charge in [0.1, 0.15) is 0 Å². The lowest BCUT2D eigenvalue weighted by Crippen LogP contribution is -2.35. The molecule has 2 aromatic rings. The molecule has 0 bridgehead atoms. The summed E-state index contributed by atoms with van der Waals surface area (Å²) in [6.07, 6.45) is 1.84. The minimum absolute atomic E-state index is 0.0246. The molecule has 0 atom stereocenters. The first-order valence-corrected chi connectivity index (χ1v) is 7.41. The number of hydrogen-bond donors (Lipinski definition) is 1. The van der Waals surface area contributed by atoms with Crippen LogP contribution in [0.3, 0.4) is 0 Å². The van der Waals surface area contributed by atoms with Crippen molar-refractivity contribution in [1.29, 1.82) is 0 Å². The van der Waals surface area contributed by atoms with Crippen molar-refractivity contribution < 1.29 is 4.79 Å². The van der Waals surface area contributed by atoms with Crippen LogP contribution in [0.4, 0.5) is 11.4 Å². The van der Waals surface area contributed by atoms with E-state index in [0.29, 0.717) is 17.1 Å². The molecule has 4 heteroatoms. The molecule has 0 fully saturated rings. The second-order valence-corrected chi connectivity index (χ2v) is 5.78. The molecular weight excluding hydrogens is 284 g/mol. The Morgan fingerprint density at radius 2 is 2.10 bits per heavy atom. The fourth-order valence-electron chi connectivity index (χ4n) is 2.74. The molecule has 21 heavy (non-hydrogen) atoms. The molecule has 3 nitrogen and oxygen atoms in total. The van der Waals surface area contributed by atoms with Gasteiger partial charge < -0.3 is 10.6 Å². The number of hydrogen-bond acceptors (Lipinski definition) is 2. The summed E-state index contributed by atoms with van der Waals surface area (Å²) in [6, 6.07) is 11.2. The summed E-state index contributed by atoms with van der Waals surface area (Å²) >= 11 is 6.13. The van der Waals surface area contributed by atoms with Gasteiger partial charge in [-0.25, -0.2) is 0 Å². The Balaban J connectivity index is 2.00. The highest BCUT2D eigenvalue weighted by Gasteiger charge is 2.24. The van der Waals surface area contributed by atoms with Crippen LogP contribution in [0.5, 0.6) is 0 Å². The Hall–Kier alpha value is -2.00. The molecule has 2 aromatic carbocycles. The Morgan fingerprint density at radius 1 is 1.29 bits per heavy atom. The van der Waals surface area contributed by atoms with Crippen molar-refractivity contribution in [3.8, 4) is 0 Å². The zero-order chi connectivity index (χ0) is 15.0. The van der Waals surface area contributed by atoms with Gasteiger partial charge in [-0.1, -0.05) is 23.7 Å². The molecule has 0 radical (unpaired) electrons. The maximum absolute atomic E-state index is 12.8. The van der Waals surface area contributed by atoms with Crippen molar-refractivity contribution in [1.82, 2.24) is 0 Å². The molecule has 1 heterocycles. The predicted octanol–water partition coefficient (Wildman–Crippen LogP) is 3.82. The molecule has 1 amide bonds. The van der Waals surface area contributed by atoms with Crippen molar-refractivity contribution >= 4 is 28.9 Å². The van der Waals surface area contributed by atoms with Crippen LogP contribution in [0.2, 0.25) is 5.02 Å². The fraction of sp³-hybridized carbons (Fsp3) is 0.235. The highest BCUT2D eigenvalue weighted by Crippen LogP contribution is 2.32. The van der Waals surface area contributed by atoms with E-state index in [1.807, 2.05) is 37.3 Å². The molecule has 1 aliphatic heterocycles. The van der Waals surface area contributed by atoms with Gasteiger partial charge in [-0.15, -0.1) is 0 Å². The second kappa shape index (κ2) is 5.41. The first-order chi connectivity index (χ1) is 10.1. The van der Waals surface area contributed by atoms with E-state index in [0.717, 1.165) is 35.3 Å². The third-order valence-corrected chi connectivity index (χ3v) is 4.36. The van der Waals surface area contributed by atoms with Crippen LogP contribution in [-0.2, 0) is 6.42 Å². The minimum Gasteiger partial charge on any atom is -0.398 e. The lowest BCUT2D eigenvalue weighted by Gasteiger charge is -2.30. The van der Waals surface area contributed by atoms with Gasteiger partial charge in [0.05, 0.1) is 0 Å². The Morgan fingerprint density at radius 3 is 2.86 bits per heavy atom. The van der Waals surface area contributed by atoms with Crippen molar-refractivity contribution in [3.63, 3.8) is 0 Å². The molecule has 1 aliphatic rings. The van der Waals surface area contributed by atoms with Crippen LogP contribution >= 0.6 is 11.6 Å². The van der Waals surface area contributed by atoms with E-state index in [2.05, 4.69) is 0 Å². The molecule has 3 rings (SSSR count). The van der Waals surface area contributed by atoms with E-state index in [9.17, 15) is 4.79 Å². The number of aryl methyl sites for hydroxylation is 1. The number of amides is 1. The van der Waals surface area contributed by atoms with Crippen molar-refractivity contribution in [2.24, 2.45) is 0 Å². The summed E-state index contributed by atoms with van der Waals surface area (Å²) in [6.45, 7) is 2.63. The van der Waals surface area contributed by atoms with Gasteiger partial charge in [0.25, 0.3) is 5.91 Å². The lowest BCUT2D eigenvalue weighted by molar-refractivity contribution is 0.0985. The molecule has 0 saturated heterocycles. The van der Waals surface area contributed by atoms with E-state index >= 15 is 0 Å². The number of fused-ring (bicyclic) bond motifs is 1. The predicted molar refractivity (Wildman–Crippen MR) is 87.0 cm³/mol. The van der Waals surface area contributed by atoms with Crippen LogP contribution < -0.4 is 10.6 Å². The van der Waals surface area contributed by atoms with E-state index in [-0.39, 0.29) is 5.91 Å². The Kier molecular flexibility index (Phi) is 3.60. The number of carbonyl (C=O) groups excluding carboxylic acids is 1. The zero-order valence-corrected chi connectivity index (χ0v) is 12.7. The van der Waals surface area contributed by atoms with Crippen molar-refractivity contribution in [2.45, 2.75) is 19.8 Å². The monoisotopic (exact) mass is 300 g/mol. The van der Waals surface area contributed by atoms with Gasteiger partial charge in [0.2, 0.25) is 0 Å². The van der Waals surface area contributed by atoms with E-state index in [1.54, 1.807) is 11.0 Å². The molecule has 2 N–H and O–H groups in total. The number of anilines is 2. The molecule has 108 valence electrons. The fourth-order valence-corrected chi connectivity index (χ4v) is 2.92. The maximum Gasteiger partial charge on any atom is 0.258 e. The second-order valence-electron chi connectivity index (χ2n) is 5.37. The number of nitrogens with zero attached hydrogens (tertiary/aromatic N) is 1. The SMILES string of the molecule is Cc1ccc(C(=O)N2CCCc3c(N)cccc32)cc1Cl. The summed E-state index contributed by atoms with van der Waals surface area (Å²) in [5.74, 6) is -0.0246. The van der Waals surface area contributed by atoms with Crippen LogP contribution in [0.25, 0.3) is 0 Å². The van der Waals surface area contributed by atoms with Crippen molar-refractivity contribution in [3.05, 3.63) is 58.1 Å². The number of benzene rings is 2.